The maximum Gasteiger partial charge on any atom is 0.319 e. The van der Waals surface area contributed by atoms with Gasteiger partial charge in [-0.25, -0.2) is 24.1 Å². The molecule has 0 saturated carbocycles. The van der Waals surface area contributed by atoms with E-state index in [0.717, 1.165) is 5.56 Å². The molecule has 148 valence electrons. The zero-order valence-electron chi connectivity index (χ0n) is 15.4. The average Bonchev–Trinajstić information content (AvgIpc) is 3.19. The first-order valence-electron chi connectivity index (χ1n) is 8.88. The van der Waals surface area contributed by atoms with Gasteiger partial charge in [0.15, 0.2) is 5.82 Å². The van der Waals surface area contributed by atoms with E-state index in [-0.39, 0.29) is 11.6 Å². The molecule has 2 aromatic heterocycles. The van der Waals surface area contributed by atoms with Crippen LogP contribution in [0.15, 0.2) is 36.9 Å². The van der Waals surface area contributed by atoms with Crippen LogP contribution in [0.5, 0.6) is 0 Å². The van der Waals surface area contributed by atoms with Gasteiger partial charge in [-0.05, 0) is 37.1 Å². The number of nitrogens with zero attached hydrogens (tertiary/aromatic N) is 5. The summed E-state index contributed by atoms with van der Waals surface area (Å²) in [6.07, 6.45) is 5.27. The second kappa shape index (κ2) is 7.62. The van der Waals surface area contributed by atoms with Gasteiger partial charge in [0.1, 0.15) is 12.1 Å². The number of aromatic nitrogens is 5. The summed E-state index contributed by atoms with van der Waals surface area (Å²) in [7, 11) is 0. The average molecular weight is 396 g/mol. The first-order chi connectivity index (χ1) is 14.0. The van der Waals surface area contributed by atoms with Gasteiger partial charge in [-0.2, -0.15) is 9.78 Å². The van der Waals surface area contributed by atoms with Gasteiger partial charge in [0.2, 0.25) is 5.91 Å². The van der Waals surface area contributed by atoms with Gasteiger partial charge in [0.25, 0.3) is 5.95 Å². The predicted molar refractivity (Wildman–Crippen MR) is 101 cm³/mol. The molecule has 3 heterocycles. The monoisotopic (exact) mass is 396 g/mol. The molecular weight excluding hydrogens is 379 g/mol. The van der Waals surface area contributed by atoms with Crippen molar-refractivity contribution in [3.63, 3.8) is 0 Å². The molecule has 10 nitrogen and oxygen atoms in total. The molecule has 4 rings (SSSR count). The Labute approximate surface area is 164 Å². The van der Waals surface area contributed by atoms with Crippen LogP contribution in [0.3, 0.4) is 0 Å². The van der Waals surface area contributed by atoms with Crippen molar-refractivity contribution in [2.75, 3.05) is 10.6 Å². The number of anilines is 2. The fraction of sp³-hybridized carbons (Fsp3) is 0.222. The van der Waals surface area contributed by atoms with E-state index in [1.807, 2.05) is 0 Å². The minimum atomic E-state index is -0.644. The number of carbonyl (C=O) groups excluding carboxylic acids is 2. The summed E-state index contributed by atoms with van der Waals surface area (Å²) in [5.74, 6) is -0.0675. The lowest BCUT2D eigenvalue weighted by Gasteiger charge is -2.19. The molecular formula is C18H17FN8O2. The lowest BCUT2D eigenvalue weighted by Crippen LogP contribution is -2.33. The minimum absolute atomic E-state index is 0.0254. The zero-order valence-corrected chi connectivity index (χ0v) is 15.4. The molecule has 29 heavy (non-hydrogen) atoms. The summed E-state index contributed by atoms with van der Waals surface area (Å²) in [6, 6.07) is 3.23. The molecule has 0 unspecified atom stereocenters. The molecule has 0 bridgehead atoms. The molecule has 1 aromatic carbocycles. The normalized spacial score (nSPS) is 13.9. The third-order valence-corrected chi connectivity index (χ3v) is 4.39. The quantitative estimate of drug-likeness (QED) is 0.619. The van der Waals surface area contributed by atoms with E-state index >= 15 is 0 Å². The highest BCUT2D eigenvalue weighted by Gasteiger charge is 2.21. The van der Waals surface area contributed by atoms with Crippen LogP contribution in [0.25, 0.3) is 5.95 Å². The number of hydrogen-bond acceptors (Lipinski definition) is 6. The first kappa shape index (κ1) is 18.5. The smallest absolute Gasteiger partial charge is 0.319 e. The van der Waals surface area contributed by atoms with E-state index in [4.69, 9.17) is 0 Å². The number of halogens is 1. The number of nitrogens with one attached hydrogen (secondary N) is 3. The van der Waals surface area contributed by atoms with Crippen LogP contribution < -0.4 is 16.0 Å². The Morgan fingerprint density at radius 1 is 1.24 bits per heavy atom. The number of fused-ring (bicyclic) bond motifs is 1. The van der Waals surface area contributed by atoms with E-state index in [0.29, 0.717) is 30.3 Å². The number of carbonyl (C=O) groups is 2. The third-order valence-electron chi connectivity index (χ3n) is 4.39. The zero-order chi connectivity index (χ0) is 20.4. The fourth-order valence-electron chi connectivity index (χ4n) is 3.02. The number of benzene rings is 1. The van der Waals surface area contributed by atoms with Gasteiger partial charge >= 0.3 is 6.03 Å². The number of hydrogen-bond donors (Lipinski definition) is 3. The maximum atomic E-state index is 14.3. The molecule has 11 heteroatoms. The van der Waals surface area contributed by atoms with Gasteiger partial charge in [0, 0.05) is 24.5 Å². The first-order valence-corrected chi connectivity index (χ1v) is 8.88. The molecule has 0 spiro atoms. The van der Waals surface area contributed by atoms with Crippen LogP contribution in [-0.2, 0) is 11.2 Å². The van der Waals surface area contributed by atoms with Crippen LogP contribution in [0.4, 0.5) is 20.6 Å². The van der Waals surface area contributed by atoms with Gasteiger partial charge in [-0.3, -0.25) is 4.79 Å². The molecule has 3 N–H and O–H groups in total. The Kier molecular flexibility index (Phi) is 4.85. The summed E-state index contributed by atoms with van der Waals surface area (Å²) in [6.45, 7) is 1.71. The maximum absolute atomic E-state index is 14.3. The van der Waals surface area contributed by atoms with Gasteiger partial charge < -0.3 is 16.0 Å². The van der Waals surface area contributed by atoms with Crippen LogP contribution >= 0.6 is 0 Å². The van der Waals surface area contributed by atoms with Crippen molar-refractivity contribution in [1.82, 2.24) is 30.0 Å². The second-order valence-electron chi connectivity index (χ2n) is 6.44. The summed E-state index contributed by atoms with van der Waals surface area (Å²) < 4.78 is 15.7. The molecule has 0 aliphatic carbocycles. The van der Waals surface area contributed by atoms with E-state index in [1.165, 1.54) is 23.1 Å². The third kappa shape index (κ3) is 3.88. The molecule has 1 atom stereocenters. The molecule has 1 aliphatic rings. The highest BCUT2D eigenvalue weighted by atomic mass is 19.1. The summed E-state index contributed by atoms with van der Waals surface area (Å²) >= 11 is 0. The number of urea groups is 1. The molecule has 0 saturated heterocycles. The van der Waals surface area contributed by atoms with E-state index in [1.54, 1.807) is 25.4 Å². The lowest BCUT2D eigenvalue weighted by molar-refractivity contribution is -0.116. The number of amides is 3. The van der Waals surface area contributed by atoms with Crippen molar-refractivity contribution in [2.45, 2.75) is 25.8 Å². The standard InChI is InChI=1S/C18H17FN8O2/c1-10(16-22-9-23-27(16)17-20-5-2-6-21-17)24-18(29)26-14-7-11-3-4-15(28)25-13(11)8-12(14)19/h2,5-10H,3-4H2,1H3,(H,25,28)(H2,24,26,29)/t10-/m0/s1. The van der Waals surface area contributed by atoms with Crippen molar-refractivity contribution >= 4 is 23.3 Å². The van der Waals surface area contributed by atoms with Crippen molar-refractivity contribution < 1.29 is 14.0 Å². The summed E-state index contributed by atoms with van der Waals surface area (Å²) in [5.41, 5.74) is 1.21. The summed E-state index contributed by atoms with van der Waals surface area (Å²) in [5, 5.41) is 11.9. The lowest BCUT2D eigenvalue weighted by atomic mass is 10.0. The molecule has 0 radical (unpaired) electrons. The van der Waals surface area contributed by atoms with Gasteiger partial charge in [0.05, 0.1) is 11.7 Å². The van der Waals surface area contributed by atoms with Crippen LogP contribution in [0.2, 0.25) is 0 Å². The van der Waals surface area contributed by atoms with Crippen molar-refractivity contribution in [1.29, 1.82) is 0 Å². The topological polar surface area (TPSA) is 127 Å². The van der Waals surface area contributed by atoms with E-state index in [9.17, 15) is 14.0 Å². The predicted octanol–water partition coefficient (Wildman–Crippen LogP) is 1.96. The van der Waals surface area contributed by atoms with Gasteiger partial charge in [-0.1, -0.05) is 0 Å². The van der Waals surface area contributed by atoms with Crippen LogP contribution in [-0.4, -0.2) is 36.7 Å². The number of rotatable bonds is 4. The highest BCUT2D eigenvalue weighted by Crippen LogP contribution is 2.28. The molecule has 1 aliphatic heterocycles. The Bertz CT molecular complexity index is 1070. The summed E-state index contributed by atoms with van der Waals surface area (Å²) in [4.78, 5) is 36.2. The second-order valence-corrected chi connectivity index (χ2v) is 6.44. The van der Waals surface area contributed by atoms with E-state index < -0.39 is 17.9 Å². The Morgan fingerprint density at radius 3 is 2.83 bits per heavy atom. The van der Waals surface area contributed by atoms with E-state index in [2.05, 4.69) is 36.0 Å². The van der Waals surface area contributed by atoms with Crippen molar-refractivity contribution in [3.05, 3.63) is 54.1 Å². The Morgan fingerprint density at radius 2 is 2.03 bits per heavy atom. The minimum Gasteiger partial charge on any atom is -0.328 e. The molecule has 3 amide bonds. The van der Waals surface area contributed by atoms with Crippen LogP contribution in [0, 0.1) is 5.82 Å². The Hall–Kier alpha value is -3.89. The molecule has 0 fully saturated rings. The highest BCUT2D eigenvalue weighted by molar-refractivity contribution is 5.95. The van der Waals surface area contributed by atoms with Crippen molar-refractivity contribution in [3.8, 4) is 5.95 Å². The number of aryl methyl sites for hydroxylation is 1. The van der Waals surface area contributed by atoms with Crippen molar-refractivity contribution in [2.24, 2.45) is 0 Å². The Balaban J connectivity index is 1.47. The molecule has 3 aromatic rings. The van der Waals surface area contributed by atoms with Crippen LogP contribution in [0.1, 0.15) is 30.8 Å². The largest absolute Gasteiger partial charge is 0.328 e. The SMILES string of the molecule is C[C@H](NC(=O)Nc1cc2c(cc1F)NC(=O)CC2)c1ncnn1-c1ncccn1. The van der Waals surface area contributed by atoms with Gasteiger partial charge in [-0.15, -0.1) is 0 Å². The fourth-order valence-corrected chi connectivity index (χ4v) is 3.02.